The SMILES string of the molecule is COCCOCCNCc1ccc(Cl)cc1Cl. The minimum absolute atomic E-state index is 0.625. The largest absolute Gasteiger partial charge is 0.382 e. The van der Waals surface area contributed by atoms with Crippen LogP contribution in [0.2, 0.25) is 10.0 Å². The first-order chi connectivity index (χ1) is 8.24. The van der Waals surface area contributed by atoms with E-state index in [1.54, 1.807) is 13.2 Å². The summed E-state index contributed by atoms with van der Waals surface area (Å²) in [7, 11) is 1.66. The summed E-state index contributed by atoms with van der Waals surface area (Å²) in [6.45, 7) is 3.41. The molecule has 0 atom stereocenters. The van der Waals surface area contributed by atoms with Gasteiger partial charge in [-0.15, -0.1) is 0 Å². The number of halogens is 2. The molecule has 0 saturated carbocycles. The van der Waals surface area contributed by atoms with Crippen molar-refractivity contribution in [1.29, 1.82) is 0 Å². The molecule has 17 heavy (non-hydrogen) atoms. The Hall–Kier alpha value is -0.320. The predicted molar refractivity (Wildman–Crippen MR) is 70.9 cm³/mol. The Bertz CT molecular complexity index is 334. The molecule has 3 nitrogen and oxygen atoms in total. The van der Waals surface area contributed by atoms with Crippen LogP contribution in [0.5, 0.6) is 0 Å². The Morgan fingerprint density at radius 3 is 2.71 bits per heavy atom. The van der Waals surface area contributed by atoms with Crippen molar-refractivity contribution in [3.8, 4) is 0 Å². The quantitative estimate of drug-likeness (QED) is 0.742. The maximum atomic E-state index is 6.04. The number of ether oxygens (including phenoxy) is 2. The molecule has 0 amide bonds. The zero-order valence-electron chi connectivity index (χ0n) is 9.84. The van der Waals surface area contributed by atoms with E-state index in [1.807, 2.05) is 12.1 Å². The van der Waals surface area contributed by atoms with Crippen LogP contribution in [0.3, 0.4) is 0 Å². The van der Waals surface area contributed by atoms with Gasteiger partial charge < -0.3 is 14.8 Å². The highest BCUT2D eigenvalue weighted by atomic mass is 35.5. The van der Waals surface area contributed by atoms with Crippen LogP contribution in [-0.4, -0.2) is 33.5 Å². The standard InChI is InChI=1S/C12H17Cl2NO2/c1-16-6-7-17-5-4-15-9-10-2-3-11(13)8-12(10)14/h2-3,8,15H,4-7,9H2,1H3. The van der Waals surface area contributed by atoms with Crippen molar-refractivity contribution in [2.45, 2.75) is 6.54 Å². The minimum Gasteiger partial charge on any atom is -0.382 e. The highest BCUT2D eigenvalue weighted by molar-refractivity contribution is 6.35. The fourth-order valence-electron chi connectivity index (χ4n) is 1.28. The zero-order chi connectivity index (χ0) is 12.5. The normalized spacial score (nSPS) is 10.8. The molecule has 1 aromatic rings. The molecule has 1 N–H and O–H groups in total. The van der Waals surface area contributed by atoms with E-state index in [1.165, 1.54) is 0 Å². The van der Waals surface area contributed by atoms with E-state index in [2.05, 4.69) is 5.32 Å². The molecule has 1 rings (SSSR count). The minimum atomic E-state index is 0.625. The maximum absolute atomic E-state index is 6.04. The summed E-state index contributed by atoms with van der Waals surface area (Å²) in [6, 6.07) is 5.50. The average Bonchev–Trinajstić information content (AvgIpc) is 2.30. The number of benzene rings is 1. The van der Waals surface area contributed by atoms with Gasteiger partial charge in [-0.25, -0.2) is 0 Å². The van der Waals surface area contributed by atoms with Gasteiger partial charge in [0.05, 0.1) is 19.8 Å². The molecule has 0 unspecified atom stereocenters. The van der Waals surface area contributed by atoms with Gasteiger partial charge in [0, 0.05) is 30.2 Å². The second-order valence-corrected chi connectivity index (χ2v) is 4.36. The molecule has 96 valence electrons. The summed E-state index contributed by atoms with van der Waals surface area (Å²) in [5.41, 5.74) is 1.04. The molecule has 5 heteroatoms. The van der Waals surface area contributed by atoms with E-state index in [9.17, 15) is 0 Å². The van der Waals surface area contributed by atoms with Crippen molar-refractivity contribution in [1.82, 2.24) is 5.32 Å². The summed E-state index contributed by atoms with van der Waals surface area (Å²) >= 11 is 11.9. The Kier molecular flexibility index (Phi) is 7.56. The number of methoxy groups -OCH3 is 1. The van der Waals surface area contributed by atoms with Crippen molar-refractivity contribution < 1.29 is 9.47 Å². The van der Waals surface area contributed by atoms with Crippen LogP contribution in [0.25, 0.3) is 0 Å². The van der Waals surface area contributed by atoms with Gasteiger partial charge in [-0.05, 0) is 17.7 Å². The van der Waals surface area contributed by atoms with E-state index in [4.69, 9.17) is 32.7 Å². The number of hydrogen-bond donors (Lipinski definition) is 1. The first kappa shape index (κ1) is 14.7. The highest BCUT2D eigenvalue weighted by Crippen LogP contribution is 2.20. The molecule has 0 aliphatic carbocycles. The molecular weight excluding hydrogens is 261 g/mol. The van der Waals surface area contributed by atoms with Gasteiger partial charge in [-0.1, -0.05) is 29.3 Å². The van der Waals surface area contributed by atoms with Crippen LogP contribution in [0.4, 0.5) is 0 Å². The highest BCUT2D eigenvalue weighted by Gasteiger charge is 2.00. The van der Waals surface area contributed by atoms with Crippen molar-refractivity contribution >= 4 is 23.2 Å². The lowest BCUT2D eigenvalue weighted by molar-refractivity contribution is 0.0719. The zero-order valence-corrected chi connectivity index (χ0v) is 11.4. The lowest BCUT2D eigenvalue weighted by Gasteiger charge is -2.07. The topological polar surface area (TPSA) is 30.5 Å². The summed E-state index contributed by atoms with van der Waals surface area (Å²) in [5, 5.41) is 4.59. The molecule has 0 fully saturated rings. The van der Waals surface area contributed by atoms with Crippen LogP contribution >= 0.6 is 23.2 Å². The Balaban J connectivity index is 2.14. The molecule has 0 aliphatic rings. The fourth-order valence-corrected chi connectivity index (χ4v) is 1.75. The van der Waals surface area contributed by atoms with Crippen molar-refractivity contribution in [3.63, 3.8) is 0 Å². The van der Waals surface area contributed by atoms with Gasteiger partial charge in [0.15, 0.2) is 0 Å². The van der Waals surface area contributed by atoms with E-state index in [-0.39, 0.29) is 0 Å². The van der Waals surface area contributed by atoms with Crippen molar-refractivity contribution in [2.24, 2.45) is 0 Å². The van der Waals surface area contributed by atoms with Crippen LogP contribution < -0.4 is 5.32 Å². The smallest absolute Gasteiger partial charge is 0.0700 e. The Labute approximate surface area is 112 Å². The van der Waals surface area contributed by atoms with Crippen LogP contribution in [0, 0.1) is 0 Å². The first-order valence-electron chi connectivity index (χ1n) is 5.45. The van der Waals surface area contributed by atoms with Crippen molar-refractivity contribution in [3.05, 3.63) is 33.8 Å². The van der Waals surface area contributed by atoms with Crippen LogP contribution in [0.1, 0.15) is 5.56 Å². The third kappa shape index (κ3) is 6.24. The summed E-state index contributed by atoms with van der Waals surface area (Å²) in [5.74, 6) is 0. The molecule has 0 bridgehead atoms. The second-order valence-electron chi connectivity index (χ2n) is 3.52. The molecular formula is C12H17Cl2NO2. The summed E-state index contributed by atoms with van der Waals surface area (Å²) in [6.07, 6.45) is 0. The van der Waals surface area contributed by atoms with E-state index >= 15 is 0 Å². The lowest BCUT2D eigenvalue weighted by atomic mass is 10.2. The monoisotopic (exact) mass is 277 g/mol. The summed E-state index contributed by atoms with van der Waals surface area (Å²) < 4.78 is 10.2. The van der Waals surface area contributed by atoms with E-state index in [0.29, 0.717) is 36.4 Å². The molecule has 0 radical (unpaired) electrons. The fraction of sp³-hybridized carbons (Fsp3) is 0.500. The van der Waals surface area contributed by atoms with Crippen LogP contribution in [-0.2, 0) is 16.0 Å². The number of rotatable bonds is 8. The van der Waals surface area contributed by atoms with Gasteiger partial charge in [0.2, 0.25) is 0 Å². The Morgan fingerprint density at radius 2 is 2.00 bits per heavy atom. The van der Waals surface area contributed by atoms with E-state index < -0.39 is 0 Å². The molecule has 0 heterocycles. The Morgan fingerprint density at radius 1 is 1.18 bits per heavy atom. The van der Waals surface area contributed by atoms with Gasteiger partial charge in [-0.3, -0.25) is 0 Å². The van der Waals surface area contributed by atoms with Gasteiger partial charge in [0.25, 0.3) is 0 Å². The van der Waals surface area contributed by atoms with Crippen LogP contribution in [0.15, 0.2) is 18.2 Å². The third-order valence-corrected chi connectivity index (χ3v) is 2.77. The lowest BCUT2D eigenvalue weighted by Crippen LogP contribution is -2.20. The van der Waals surface area contributed by atoms with Gasteiger partial charge in [-0.2, -0.15) is 0 Å². The van der Waals surface area contributed by atoms with E-state index in [0.717, 1.165) is 12.1 Å². The molecule has 0 aromatic heterocycles. The molecule has 0 spiro atoms. The van der Waals surface area contributed by atoms with Crippen molar-refractivity contribution in [2.75, 3.05) is 33.5 Å². The van der Waals surface area contributed by atoms with Gasteiger partial charge >= 0.3 is 0 Å². The molecule has 1 aromatic carbocycles. The number of nitrogens with one attached hydrogen (secondary N) is 1. The average molecular weight is 278 g/mol. The summed E-state index contributed by atoms with van der Waals surface area (Å²) in [4.78, 5) is 0. The maximum Gasteiger partial charge on any atom is 0.0700 e. The molecule has 0 saturated heterocycles. The third-order valence-electron chi connectivity index (χ3n) is 2.19. The predicted octanol–water partition coefficient (Wildman–Crippen LogP) is 2.75. The van der Waals surface area contributed by atoms with Gasteiger partial charge in [0.1, 0.15) is 0 Å². The number of hydrogen-bond acceptors (Lipinski definition) is 3. The first-order valence-corrected chi connectivity index (χ1v) is 6.21. The molecule has 0 aliphatic heterocycles. The second kappa shape index (κ2) is 8.72.